The van der Waals surface area contributed by atoms with E-state index in [4.69, 9.17) is 10.00 Å². The molecule has 0 spiro atoms. The van der Waals surface area contributed by atoms with Crippen LogP contribution in [0.25, 0.3) is 0 Å². The van der Waals surface area contributed by atoms with Gasteiger partial charge in [-0.25, -0.2) is 4.98 Å². The molecule has 2 aliphatic carbocycles. The lowest BCUT2D eigenvalue weighted by Crippen LogP contribution is -2.22. The Bertz CT molecular complexity index is 563. The summed E-state index contributed by atoms with van der Waals surface area (Å²) in [6, 6.07) is 2.12. The average molecular weight is 256 g/mol. The SMILES string of the molecule is N#Cc1cnc(C2CC2)nc1OCC12CNCC1C2. The van der Waals surface area contributed by atoms with E-state index in [0.717, 1.165) is 37.7 Å². The minimum atomic E-state index is 0.303. The van der Waals surface area contributed by atoms with Gasteiger partial charge in [0.05, 0.1) is 12.8 Å². The molecule has 2 heterocycles. The van der Waals surface area contributed by atoms with Crippen LogP contribution in [0.4, 0.5) is 0 Å². The minimum Gasteiger partial charge on any atom is -0.476 e. The second-order valence-electron chi connectivity index (χ2n) is 6.02. The summed E-state index contributed by atoms with van der Waals surface area (Å²) in [7, 11) is 0. The quantitative estimate of drug-likeness (QED) is 0.877. The molecule has 1 aromatic rings. The molecule has 4 rings (SSSR count). The molecule has 1 N–H and O–H groups in total. The summed E-state index contributed by atoms with van der Waals surface area (Å²) < 4.78 is 5.86. The lowest BCUT2D eigenvalue weighted by atomic mass is 10.1. The van der Waals surface area contributed by atoms with Crippen LogP contribution in [0.15, 0.2) is 6.20 Å². The van der Waals surface area contributed by atoms with E-state index in [1.54, 1.807) is 6.20 Å². The molecule has 3 fully saturated rings. The number of fused-ring (bicyclic) bond motifs is 1. The number of nitrogens with one attached hydrogen (secondary N) is 1. The smallest absolute Gasteiger partial charge is 0.235 e. The average Bonchev–Trinajstić information content (AvgIpc) is 3.36. The second-order valence-corrected chi connectivity index (χ2v) is 6.02. The van der Waals surface area contributed by atoms with Crippen molar-refractivity contribution >= 4 is 0 Å². The molecule has 0 bridgehead atoms. The third-order valence-electron chi connectivity index (χ3n) is 4.56. The molecule has 19 heavy (non-hydrogen) atoms. The summed E-state index contributed by atoms with van der Waals surface area (Å²) in [6.07, 6.45) is 5.15. The fourth-order valence-corrected chi connectivity index (χ4v) is 2.98. The first-order valence-corrected chi connectivity index (χ1v) is 6.91. The normalized spacial score (nSPS) is 31.6. The molecule has 5 nitrogen and oxygen atoms in total. The van der Waals surface area contributed by atoms with Crippen LogP contribution in [0.2, 0.25) is 0 Å². The monoisotopic (exact) mass is 256 g/mol. The first-order valence-electron chi connectivity index (χ1n) is 6.91. The topological polar surface area (TPSA) is 70.8 Å². The highest BCUT2D eigenvalue weighted by molar-refractivity contribution is 5.36. The molecular formula is C14H16N4O. The van der Waals surface area contributed by atoms with Gasteiger partial charge in [-0.3, -0.25) is 0 Å². The van der Waals surface area contributed by atoms with Crippen molar-refractivity contribution < 1.29 is 4.74 Å². The molecule has 1 saturated heterocycles. The van der Waals surface area contributed by atoms with Gasteiger partial charge in [-0.15, -0.1) is 0 Å². The summed E-state index contributed by atoms with van der Waals surface area (Å²) in [4.78, 5) is 8.69. The van der Waals surface area contributed by atoms with E-state index in [-0.39, 0.29) is 0 Å². The number of rotatable bonds is 4. The van der Waals surface area contributed by atoms with Crippen LogP contribution >= 0.6 is 0 Å². The molecular weight excluding hydrogens is 240 g/mol. The molecule has 0 radical (unpaired) electrons. The predicted octanol–water partition coefficient (Wildman–Crippen LogP) is 1.21. The van der Waals surface area contributed by atoms with Crippen LogP contribution in [0.1, 0.15) is 36.6 Å². The number of hydrogen-bond acceptors (Lipinski definition) is 5. The summed E-state index contributed by atoms with van der Waals surface area (Å²) in [6.45, 7) is 2.80. The van der Waals surface area contributed by atoms with E-state index in [2.05, 4.69) is 21.4 Å². The highest BCUT2D eigenvalue weighted by Crippen LogP contribution is 2.54. The Morgan fingerprint density at radius 1 is 1.53 bits per heavy atom. The van der Waals surface area contributed by atoms with Crippen LogP contribution in [0, 0.1) is 22.7 Å². The Kier molecular flexibility index (Phi) is 2.30. The van der Waals surface area contributed by atoms with Crippen molar-refractivity contribution in [1.82, 2.24) is 15.3 Å². The largest absolute Gasteiger partial charge is 0.476 e. The van der Waals surface area contributed by atoms with Crippen LogP contribution in [0.5, 0.6) is 5.88 Å². The van der Waals surface area contributed by atoms with Gasteiger partial charge in [0.2, 0.25) is 5.88 Å². The van der Waals surface area contributed by atoms with Crippen molar-refractivity contribution in [3.8, 4) is 11.9 Å². The minimum absolute atomic E-state index is 0.303. The zero-order chi connectivity index (χ0) is 12.9. The number of nitriles is 1. The van der Waals surface area contributed by atoms with Crippen molar-refractivity contribution in [2.75, 3.05) is 19.7 Å². The molecule has 2 saturated carbocycles. The van der Waals surface area contributed by atoms with Gasteiger partial charge in [-0.2, -0.15) is 10.2 Å². The highest BCUT2D eigenvalue weighted by Gasteiger charge is 2.57. The van der Waals surface area contributed by atoms with E-state index < -0.39 is 0 Å². The molecule has 2 atom stereocenters. The summed E-state index contributed by atoms with van der Waals surface area (Å²) in [5.74, 6) is 2.55. The third kappa shape index (κ3) is 1.87. The van der Waals surface area contributed by atoms with Gasteiger partial charge in [0.25, 0.3) is 0 Å². The van der Waals surface area contributed by atoms with Crippen molar-refractivity contribution in [1.29, 1.82) is 5.26 Å². The van der Waals surface area contributed by atoms with Gasteiger partial charge in [0, 0.05) is 17.9 Å². The number of piperidine rings is 1. The third-order valence-corrected chi connectivity index (χ3v) is 4.56. The van der Waals surface area contributed by atoms with Gasteiger partial charge < -0.3 is 10.1 Å². The maximum Gasteiger partial charge on any atom is 0.235 e. The number of aromatic nitrogens is 2. The molecule has 0 aromatic carbocycles. The van der Waals surface area contributed by atoms with Crippen LogP contribution < -0.4 is 10.1 Å². The predicted molar refractivity (Wildman–Crippen MR) is 67.6 cm³/mol. The van der Waals surface area contributed by atoms with E-state index >= 15 is 0 Å². The zero-order valence-corrected chi connectivity index (χ0v) is 10.7. The lowest BCUT2D eigenvalue weighted by Gasteiger charge is -2.13. The van der Waals surface area contributed by atoms with Crippen molar-refractivity contribution in [3.05, 3.63) is 17.6 Å². The first-order chi connectivity index (χ1) is 9.31. The standard InChI is InChI=1S/C14H16N4O/c15-4-10-5-17-12(9-1-2-9)18-13(10)19-8-14-3-11(14)6-16-7-14/h5,9,11,16H,1-3,6-8H2. The fourth-order valence-electron chi connectivity index (χ4n) is 2.98. The maximum atomic E-state index is 9.11. The fraction of sp³-hybridized carbons (Fsp3) is 0.643. The Morgan fingerprint density at radius 2 is 2.42 bits per heavy atom. The van der Waals surface area contributed by atoms with Crippen LogP contribution in [-0.2, 0) is 0 Å². The Morgan fingerprint density at radius 3 is 3.05 bits per heavy atom. The lowest BCUT2D eigenvalue weighted by molar-refractivity contribution is 0.226. The molecule has 1 aliphatic heterocycles. The van der Waals surface area contributed by atoms with Gasteiger partial charge in [0.15, 0.2) is 0 Å². The zero-order valence-electron chi connectivity index (χ0n) is 10.7. The first kappa shape index (κ1) is 11.2. The summed E-state index contributed by atoms with van der Waals surface area (Å²) in [5, 5.41) is 12.5. The second kappa shape index (κ2) is 3.91. The van der Waals surface area contributed by atoms with Crippen LogP contribution in [-0.4, -0.2) is 29.7 Å². The highest BCUT2D eigenvalue weighted by atomic mass is 16.5. The van der Waals surface area contributed by atoms with Crippen LogP contribution in [0.3, 0.4) is 0 Å². The molecule has 98 valence electrons. The number of hydrogen-bond donors (Lipinski definition) is 1. The Hall–Kier alpha value is -1.67. The van der Waals surface area contributed by atoms with Gasteiger partial charge in [-0.1, -0.05) is 0 Å². The van der Waals surface area contributed by atoms with Gasteiger partial charge >= 0.3 is 0 Å². The molecule has 1 aromatic heterocycles. The Labute approximate surface area is 112 Å². The van der Waals surface area contributed by atoms with Crippen molar-refractivity contribution in [3.63, 3.8) is 0 Å². The molecule has 0 amide bonds. The summed E-state index contributed by atoms with van der Waals surface area (Å²) >= 11 is 0. The Balaban J connectivity index is 1.52. The van der Waals surface area contributed by atoms with Gasteiger partial charge in [-0.05, 0) is 31.7 Å². The van der Waals surface area contributed by atoms with E-state index in [1.165, 1.54) is 6.42 Å². The molecule has 5 heteroatoms. The number of nitrogens with zero attached hydrogens (tertiary/aromatic N) is 3. The van der Waals surface area contributed by atoms with Crippen molar-refractivity contribution in [2.45, 2.75) is 25.2 Å². The number of ether oxygens (including phenoxy) is 1. The van der Waals surface area contributed by atoms with E-state index in [0.29, 0.717) is 29.4 Å². The molecule has 2 unspecified atom stereocenters. The summed E-state index contributed by atoms with van der Waals surface area (Å²) in [5.41, 5.74) is 0.751. The van der Waals surface area contributed by atoms with Crippen molar-refractivity contribution in [2.24, 2.45) is 11.3 Å². The van der Waals surface area contributed by atoms with E-state index in [1.807, 2.05) is 0 Å². The van der Waals surface area contributed by atoms with E-state index in [9.17, 15) is 0 Å². The maximum absolute atomic E-state index is 9.11. The van der Waals surface area contributed by atoms with Gasteiger partial charge in [0.1, 0.15) is 17.5 Å². The molecule has 3 aliphatic rings.